The summed E-state index contributed by atoms with van der Waals surface area (Å²) in [5, 5.41) is 0. The molecule has 0 radical (unpaired) electrons. The van der Waals surface area contributed by atoms with Crippen molar-refractivity contribution < 1.29 is 9.21 Å². The van der Waals surface area contributed by atoms with E-state index < -0.39 is 0 Å². The first-order valence-electron chi connectivity index (χ1n) is 8.38. The number of amides is 1. The Kier molecular flexibility index (Phi) is 4.05. The SMILES string of the molecule is Cc1cncc(C(=O)N2CCCN(c3nc4ncccc4o3)CC2)c1. The molecule has 0 unspecified atom stereocenters. The fraction of sp³-hybridized carbons (Fsp3) is 0.333. The number of pyridine rings is 2. The van der Waals surface area contributed by atoms with E-state index in [1.807, 2.05) is 30.0 Å². The lowest BCUT2D eigenvalue weighted by atomic mass is 10.2. The van der Waals surface area contributed by atoms with Gasteiger partial charge in [0.05, 0.1) is 5.56 Å². The summed E-state index contributed by atoms with van der Waals surface area (Å²) in [5.41, 5.74) is 2.92. The van der Waals surface area contributed by atoms with Gasteiger partial charge in [-0.1, -0.05) is 0 Å². The van der Waals surface area contributed by atoms with E-state index in [0.29, 0.717) is 42.4 Å². The molecule has 3 aromatic heterocycles. The van der Waals surface area contributed by atoms with Crippen LogP contribution in [0.15, 0.2) is 41.2 Å². The number of oxazole rings is 1. The third-order valence-electron chi connectivity index (χ3n) is 4.33. The Morgan fingerprint density at radius 1 is 1.20 bits per heavy atom. The van der Waals surface area contributed by atoms with Gasteiger partial charge >= 0.3 is 0 Å². The highest BCUT2D eigenvalue weighted by Gasteiger charge is 2.23. The van der Waals surface area contributed by atoms with Gasteiger partial charge in [0.2, 0.25) is 5.65 Å². The molecule has 0 spiro atoms. The fourth-order valence-corrected chi connectivity index (χ4v) is 3.06. The number of carbonyl (C=O) groups is 1. The molecule has 0 atom stereocenters. The van der Waals surface area contributed by atoms with Gasteiger partial charge in [-0.25, -0.2) is 4.98 Å². The summed E-state index contributed by atoms with van der Waals surface area (Å²) in [7, 11) is 0. The number of aryl methyl sites for hydroxylation is 1. The lowest BCUT2D eigenvalue weighted by Gasteiger charge is -2.21. The molecule has 128 valence electrons. The van der Waals surface area contributed by atoms with Gasteiger partial charge in [0, 0.05) is 44.8 Å². The number of hydrogen-bond donors (Lipinski definition) is 0. The van der Waals surface area contributed by atoms with E-state index >= 15 is 0 Å². The second kappa shape index (κ2) is 6.51. The molecule has 0 N–H and O–H groups in total. The highest BCUT2D eigenvalue weighted by atomic mass is 16.4. The van der Waals surface area contributed by atoms with Gasteiger partial charge in [-0.15, -0.1) is 0 Å². The first-order valence-corrected chi connectivity index (χ1v) is 8.38. The maximum atomic E-state index is 12.7. The number of fused-ring (bicyclic) bond motifs is 1. The van der Waals surface area contributed by atoms with Crippen LogP contribution >= 0.6 is 0 Å². The van der Waals surface area contributed by atoms with Crippen LogP contribution in [0.1, 0.15) is 22.3 Å². The predicted molar refractivity (Wildman–Crippen MR) is 93.5 cm³/mol. The van der Waals surface area contributed by atoms with Crippen molar-refractivity contribution in [2.24, 2.45) is 0 Å². The Morgan fingerprint density at radius 2 is 2.12 bits per heavy atom. The van der Waals surface area contributed by atoms with Crippen LogP contribution in [0.4, 0.5) is 6.01 Å². The van der Waals surface area contributed by atoms with Crippen LogP contribution in [0.25, 0.3) is 11.2 Å². The molecule has 1 aliphatic heterocycles. The Hall–Kier alpha value is -2.96. The lowest BCUT2D eigenvalue weighted by molar-refractivity contribution is 0.0766. The highest BCUT2D eigenvalue weighted by molar-refractivity contribution is 5.94. The van der Waals surface area contributed by atoms with E-state index in [1.54, 1.807) is 18.6 Å². The van der Waals surface area contributed by atoms with Crippen molar-refractivity contribution in [2.45, 2.75) is 13.3 Å². The third kappa shape index (κ3) is 3.17. The van der Waals surface area contributed by atoms with Crippen molar-refractivity contribution in [1.29, 1.82) is 0 Å². The predicted octanol–water partition coefficient (Wildman–Crippen LogP) is 2.28. The minimum absolute atomic E-state index is 0.0253. The standard InChI is InChI=1S/C18H19N5O2/c1-13-10-14(12-19-11-13)17(24)22-6-3-7-23(9-8-22)18-21-16-15(25-18)4-2-5-20-16/h2,4-5,10-12H,3,6-9H2,1H3. The number of nitrogens with zero attached hydrogens (tertiary/aromatic N) is 5. The molecule has 0 aliphatic carbocycles. The van der Waals surface area contributed by atoms with Gasteiger partial charge in [-0.3, -0.25) is 9.78 Å². The summed E-state index contributed by atoms with van der Waals surface area (Å²) in [6, 6.07) is 6.14. The molecule has 25 heavy (non-hydrogen) atoms. The van der Waals surface area contributed by atoms with Crippen LogP contribution in [0.5, 0.6) is 0 Å². The van der Waals surface area contributed by atoms with Crippen LogP contribution in [-0.2, 0) is 0 Å². The molecule has 1 aliphatic rings. The van der Waals surface area contributed by atoms with Crippen LogP contribution in [-0.4, -0.2) is 51.9 Å². The van der Waals surface area contributed by atoms with E-state index in [0.717, 1.165) is 18.5 Å². The van der Waals surface area contributed by atoms with E-state index in [4.69, 9.17) is 4.42 Å². The van der Waals surface area contributed by atoms with Crippen molar-refractivity contribution in [3.63, 3.8) is 0 Å². The van der Waals surface area contributed by atoms with E-state index in [9.17, 15) is 4.79 Å². The smallest absolute Gasteiger partial charge is 0.300 e. The zero-order valence-electron chi connectivity index (χ0n) is 14.1. The van der Waals surface area contributed by atoms with E-state index in [2.05, 4.69) is 19.9 Å². The number of hydrogen-bond acceptors (Lipinski definition) is 6. The van der Waals surface area contributed by atoms with E-state index in [-0.39, 0.29) is 5.91 Å². The molecular formula is C18H19N5O2. The van der Waals surface area contributed by atoms with Crippen LogP contribution in [0, 0.1) is 6.92 Å². The van der Waals surface area contributed by atoms with Crippen LogP contribution < -0.4 is 4.90 Å². The van der Waals surface area contributed by atoms with Gasteiger partial charge < -0.3 is 14.2 Å². The average Bonchev–Trinajstić information content (AvgIpc) is 2.90. The Morgan fingerprint density at radius 3 is 2.96 bits per heavy atom. The summed E-state index contributed by atoms with van der Waals surface area (Å²) in [6.07, 6.45) is 5.94. The lowest BCUT2D eigenvalue weighted by Crippen LogP contribution is -2.35. The normalized spacial score (nSPS) is 15.4. The molecule has 0 aromatic carbocycles. The minimum atomic E-state index is 0.0253. The molecule has 7 heteroatoms. The van der Waals surface area contributed by atoms with Gasteiger partial charge in [0.25, 0.3) is 11.9 Å². The molecule has 1 saturated heterocycles. The van der Waals surface area contributed by atoms with Crippen molar-refractivity contribution in [3.05, 3.63) is 47.9 Å². The fourth-order valence-electron chi connectivity index (χ4n) is 3.06. The quantitative estimate of drug-likeness (QED) is 0.714. The number of carbonyl (C=O) groups excluding carboxylic acids is 1. The Bertz CT molecular complexity index is 874. The first kappa shape index (κ1) is 15.6. The largest absolute Gasteiger partial charge is 0.422 e. The number of rotatable bonds is 2. The van der Waals surface area contributed by atoms with E-state index in [1.165, 1.54) is 0 Å². The van der Waals surface area contributed by atoms with Gasteiger partial charge in [-0.2, -0.15) is 4.98 Å². The molecular weight excluding hydrogens is 318 g/mol. The molecule has 0 bridgehead atoms. The maximum absolute atomic E-state index is 12.7. The molecule has 1 amide bonds. The summed E-state index contributed by atoms with van der Waals surface area (Å²) in [4.78, 5) is 29.4. The maximum Gasteiger partial charge on any atom is 0.300 e. The topological polar surface area (TPSA) is 75.4 Å². The molecule has 4 heterocycles. The first-order chi connectivity index (χ1) is 12.2. The zero-order valence-corrected chi connectivity index (χ0v) is 14.1. The van der Waals surface area contributed by atoms with Crippen molar-refractivity contribution in [1.82, 2.24) is 19.9 Å². The van der Waals surface area contributed by atoms with Crippen LogP contribution in [0.2, 0.25) is 0 Å². The summed E-state index contributed by atoms with van der Waals surface area (Å²) < 4.78 is 5.80. The second-order valence-electron chi connectivity index (χ2n) is 6.21. The third-order valence-corrected chi connectivity index (χ3v) is 4.33. The minimum Gasteiger partial charge on any atom is -0.422 e. The monoisotopic (exact) mass is 337 g/mol. The second-order valence-corrected chi connectivity index (χ2v) is 6.21. The zero-order chi connectivity index (χ0) is 17.2. The van der Waals surface area contributed by atoms with Gasteiger partial charge in [0.15, 0.2) is 5.58 Å². The average molecular weight is 337 g/mol. The van der Waals surface area contributed by atoms with Gasteiger partial charge in [0.1, 0.15) is 0 Å². The number of anilines is 1. The Balaban J connectivity index is 1.49. The van der Waals surface area contributed by atoms with Gasteiger partial charge in [-0.05, 0) is 37.1 Å². The molecule has 3 aromatic rings. The van der Waals surface area contributed by atoms with Crippen molar-refractivity contribution in [2.75, 3.05) is 31.1 Å². The highest BCUT2D eigenvalue weighted by Crippen LogP contribution is 2.21. The molecule has 1 fully saturated rings. The van der Waals surface area contributed by atoms with Crippen molar-refractivity contribution >= 4 is 23.2 Å². The number of aromatic nitrogens is 3. The Labute approximate surface area is 145 Å². The molecule has 0 saturated carbocycles. The van der Waals surface area contributed by atoms with Crippen LogP contribution in [0.3, 0.4) is 0 Å². The summed E-state index contributed by atoms with van der Waals surface area (Å²) in [6.45, 7) is 4.75. The molecule has 4 rings (SSSR count). The summed E-state index contributed by atoms with van der Waals surface area (Å²) in [5.74, 6) is 0.0253. The van der Waals surface area contributed by atoms with Crippen molar-refractivity contribution in [3.8, 4) is 0 Å². The summed E-state index contributed by atoms with van der Waals surface area (Å²) >= 11 is 0. The molecule has 7 nitrogen and oxygen atoms in total.